The average molecular weight is 273 g/mol. The molecule has 1 aromatic heterocycles. The third kappa shape index (κ3) is 3.96. The molecular formula is C16H19NO3. The average Bonchev–Trinajstić information content (AvgIpc) is 2.81. The molecule has 0 fully saturated rings. The molecule has 0 bridgehead atoms. The fourth-order valence-corrected chi connectivity index (χ4v) is 2.12. The van der Waals surface area contributed by atoms with Crippen LogP contribution in [0.2, 0.25) is 0 Å². The molecule has 0 atom stereocenters. The van der Waals surface area contributed by atoms with Crippen LogP contribution in [0.1, 0.15) is 33.9 Å². The van der Waals surface area contributed by atoms with Gasteiger partial charge in [-0.05, 0) is 37.9 Å². The fraction of sp³-hybridized carbons (Fsp3) is 0.312. The molecule has 0 amide bonds. The number of hydrogen-bond acceptors (Lipinski definition) is 3. The number of benzene rings is 1. The van der Waals surface area contributed by atoms with E-state index < -0.39 is 5.97 Å². The lowest BCUT2D eigenvalue weighted by Crippen LogP contribution is -2.14. The van der Waals surface area contributed by atoms with Gasteiger partial charge in [0.15, 0.2) is 0 Å². The first kappa shape index (κ1) is 14.3. The molecule has 4 heteroatoms. The molecule has 4 nitrogen and oxygen atoms in total. The van der Waals surface area contributed by atoms with Crippen molar-refractivity contribution in [1.82, 2.24) is 5.32 Å². The molecule has 0 aliphatic rings. The molecule has 106 valence electrons. The molecule has 0 saturated heterocycles. The third-order valence-electron chi connectivity index (χ3n) is 3.16. The van der Waals surface area contributed by atoms with Crippen molar-refractivity contribution in [2.24, 2.45) is 0 Å². The van der Waals surface area contributed by atoms with E-state index in [4.69, 9.17) is 9.52 Å². The number of carboxylic acids is 1. The third-order valence-corrected chi connectivity index (χ3v) is 3.16. The summed E-state index contributed by atoms with van der Waals surface area (Å²) in [5, 5.41) is 12.2. The van der Waals surface area contributed by atoms with Crippen molar-refractivity contribution in [3.63, 3.8) is 0 Å². The van der Waals surface area contributed by atoms with Gasteiger partial charge in [0, 0.05) is 0 Å². The van der Waals surface area contributed by atoms with Gasteiger partial charge in [0.1, 0.15) is 17.1 Å². The van der Waals surface area contributed by atoms with Crippen molar-refractivity contribution in [3.8, 4) is 0 Å². The zero-order valence-corrected chi connectivity index (χ0v) is 11.6. The largest absolute Gasteiger partial charge is 0.478 e. The number of aryl methyl sites for hydroxylation is 2. The Bertz CT molecular complexity index is 560. The minimum Gasteiger partial charge on any atom is -0.478 e. The monoisotopic (exact) mass is 273 g/mol. The van der Waals surface area contributed by atoms with Crippen LogP contribution in [0.15, 0.2) is 40.8 Å². The van der Waals surface area contributed by atoms with Crippen LogP contribution >= 0.6 is 0 Å². The lowest BCUT2D eigenvalue weighted by atomic mass is 10.1. The molecule has 2 aromatic rings. The predicted molar refractivity (Wildman–Crippen MR) is 76.9 cm³/mol. The lowest BCUT2D eigenvalue weighted by Gasteiger charge is -2.03. The number of nitrogens with one attached hydrogen (secondary N) is 1. The SMILES string of the molecule is Cc1oc(CNCCCc2ccccc2)cc1C(=O)O. The summed E-state index contributed by atoms with van der Waals surface area (Å²) in [6.45, 7) is 3.10. The molecular weight excluding hydrogens is 254 g/mol. The zero-order chi connectivity index (χ0) is 14.4. The van der Waals surface area contributed by atoms with Crippen LogP contribution in [0.5, 0.6) is 0 Å². The summed E-state index contributed by atoms with van der Waals surface area (Å²) in [5.41, 5.74) is 1.57. The summed E-state index contributed by atoms with van der Waals surface area (Å²) in [6.07, 6.45) is 2.07. The van der Waals surface area contributed by atoms with Gasteiger partial charge in [-0.25, -0.2) is 4.79 Å². The fourth-order valence-electron chi connectivity index (χ4n) is 2.12. The van der Waals surface area contributed by atoms with Gasteiger partial charge >= 0.3 is 5.97 Å². The van der Waals surface area contributed by atoms with Gasteiger partial charge in [-0.3, -0.25) is 0 Å². The molecule has 1 heterocycles. The van der Waals surface area contributed by atoms with Crippen LogP contribution < -0.4 is 5.32 Å². The Labute approximate surface area is 118 Å². The number of rotatable bonds is 7. The minimum atomic E-state index is -0.943. The van der Waals surface area contributed by atoms with Gasteiger partial charge in [-0.15, -0.1) is 0 Å². The van der Waals surface area contributed by atoms with Crippen molar-refractivity contribution >= 4 is 5.97 Å². The van der Waals surface area contributed by atoms with Crippen LogP contribution in [-0.2, 0) is 13.0 Å². The normalized spacial score (nSPS) is 10.7. The van der Waals surface area contributed by atoms with E-state index in [-0.39, 0.29) is 5.56 Å². The Balaban J connectivity index is 1.71. The number of hydrogen-bond donors (Lipinski definition) is 2. The van der Waals surface area contributed by atoms with E-state index >= 15 is 0 Å². The van der Waals surface area contributed by atoms with Crippen LogP contribution in [-0.4, -0.2) is 17.6 Å². The van der Waals surface area contributed by atoms with Gasteiger partial charge in [-0.2, -0.15) is 0 Å². The lowest BCUT2D eigenvalue weighted by molar-refractivity contribution is 0.0695. The maximum atomic E-state index is 10.9. The Morgan fingerprint density at radius 3 is 2.70 bits per heavy atom. The molecule has 0 saturated carbocycles. The standard InChI is InChI=1S/C16H19NO3/c1-12-15(16(18)19)10-14(20-12)11-17-9-5-8-13-6-3-2-4-7-13/h2-4,6-7,10,17H,5,8-9,11H2,1H3,(H,18,19). The minimum absolute atomic E-state index is 0.242. The summed E-state index contributed by atoms with van der Waals surface area (Å²) >= 11 is 0. The topological polar surface area (TPSA) is 62.5 Å². The van der Waals surface area contributed by atoms with E-state index in [1.807, 2.05) is 18.2 Å². The van der Waals surface area contributed by atoms with Gasteiger partial charge in [0.2, 0.25) is 0 Å². The highest BCUT2D eigenvalue weighted by molar-refractivity contribution is 5.88. The second-order valence-corrected chi connectivity index (χ2v) is 4.75. The number of furan rings is 1. The Morgan fingerprint density at radius 2 is 2.05 bits per heavy atom. The molecule has 0 unspecified atom stereocenters. The second-order valence-electron chi connectivity index (χ2n) is 4.75. The summed E-state index contributed by atoms with van der Waals surface area (Å²) < 4.78 is 5.40. The van der Waals surface area contributed by atoms with Gasteiger partial charge < -0.3 is 14.8 Å². The number of carbonyl (C=O) groups is 1. The Morgan fingerprint density at radius 1 is 1.30 bits per heavy atom. The highest BCUT2D eigenvalue weighted by Gasteiger charge is 2.12. The van der Waals surface area contributed by atoms with Crippen LogP contribution in [0.4, 0.5) is 0 Å². The van der Waals surface area contributed by atoms with E-state index in [9.17, 15) is 4.79 Å². The van der Waals surface area contributed by atoms with Gasteiger partial charge in [0.25, 0.3) is 0 Å². The second kappa shape index (κ2) is 6.91. The van der Waals surface area contributed by atoms with Crippen molar-refractivity contribution in [2.75, 3.05) is 6.54 Å². The molecule has 0 spiro atoms. The molecule has 20 heavy (non-hydrogen) atoms. The quantitative estimate of drug-likeness (QED) is 0.761. The first-order valence-corrected chi connectivity index (χ1v) is 6.74. The summed E-state index contributed by atoms with van der Waals surface area (Å²) in [7, 11) is 0. The number of carboxylic acid groups (broad SMARTS) is 1. The highest BCUT2D eigenvalue weighted by atomic mass is 16.4. The molecule has 1 aromatic carbocycles. The molecule has 0 radical (unpaired) electrons. The predicted octanol–water partition coefficient (Wildman–Crippen LogP) is 3.01. The van der Waals surface area contributed by atoms with E-state index in [1.54, 1.807) is 13.0 Å². The first-order valence-electron chi connectivity index (χ1n) is 6.74. The van der Waals surface area contributed by atoms with Crippen LogP contribution in [0, 0.1) is 6.92 Å². The molecule has 2 rings (SSSR count). The van der Waals surface area contributed by atoms with Crippen molar-refractivity contribution in [2.45, 2.75) is 26.3 Å². The van der Waals surface area contributed by atoms with Crippen molar-refractivity contribution in [1.29, 1.82) is 0 Å². The van der Waals surface area contributed by atoms with E-state index in [0.29, 0.717) is 18.1 Å². The Kier molecular flexibility index (Phi) is 4.96. The van der Waals surface area contributed by atoms with Gasteiger partial charge in [-0.1, -0.05) is 30.3 Å². The van der Waals surface area contributed by atoms with Crippen LogP contribution in [0.25, 0.3) is 0 Å². The summed E-state index contributed by atoms with van der Waals surface area (Å²) in [5.74, 6) is 0.180. The summed E-state index contributed by atoms with van der Waals surface area (Å²) in [4.78, 5) is 10.9. The maximum absolute atomic E-state index is 10.9. The highest BCUT2D eigenvalue weighted by Crippen LogP contribution is 2.14. The van der Waals surface area contributed by atoms with Crippen molar-refractivity contribution < 1.29 is 14.3 Å². The first-order chi connectivity index (χ1) is 9.66. The van der Waals surface area contributed by atoms with Crippen molar-refractivity contribution in [3.05, 3.63) is 59.0 Å². The molecule has 0 aliphatic heterocycles. The van der Waals surface area contributed by atoms with Gasteiger partial charge in [0.05, 0.1) is 6.54 Å². The van der Waals surface area contributed by atoms with E-state index in [1.165, 1.54) is 5.56 Å². The Hall–Kier alpha value is -2.07. The van der Waals surface area contributed by atoms with E-state index in [0.717, 1.165) is 19.4 Å². The smallest absolute Gasteiger partial charge is 0.339 e. The van der Waals surface area contributed by atoms with Crippen LogP contribution in [0.3, 0.4) is 0 Å². The number of aromatic carboxylic acids is 1. The van der Waals surface area contributed by atoms with E-state index in [2.05, 4.69) is 17.4 Å². The zero-order valence-electron chi connectivity index (χ0n) is 11.6. The summed E-state index contributed by atoms with van der Waals surface area (Å²) in [6, 6.07) is 11.9. The molecule has 0 aliphatic carbocycles. The molecule has 2 N–H and O–H groups in total. The maximum Gasteiger partial charge on any atom is 0.339 e.